The van der Waals surface area contributed by atoms with E-state index in [1.807, 2.05) is 36.4 Å². The second kappa shape index (κ2) is 10.2. The summed E-state index contributed by atoms with van der Waals surface area (Å²) in [7, 11) is 0. The van der Waals surface area contributed by atoms with Crippen molar-refractivity contribution >= 4 is 17.0 Å². The number of fused-ring (bicyclic) bond motifs is 1. The van der Waals surface area contributed by atoms with Crippen LogP contribution in [-0.2, 0) is 6.42 Å². The van der Waals surface area contributed by atoms with Crippen molar-refractivity contribution in [2.75, 3.05) is 4.90 Å². The zero-order valence-corrected chi connectivity index (χ0v) is 19.5. The fraction of sp³-hybridized carbons (Fsp3) is 0.161. The van der Waals surface area contributed by atoms with Gasteiger partial charge in [0, 0.05) is 23.2 Å². The fourth-order valence-corrected chi connectivity index (χ4v) is 4.14. The van der Waals surface area contributed by atoms with Gasteiger partial charge in [-0.2, -0.15) is 0 Å². The first-order chi connectivity index (χ1) is 16.0. The van der Waals surface area contributed by atoms with Gasteiger partial charge >= 0.3 is 0 Å². The van der Waals surface area contributed by atoms with E-state index in [9.17, 15) is 0 Å². The highest BCUT2D eigenvalue weighted by atomic mass is 15.1. The smallest absolute Gasteiger partial charge is 0.0530 e. The predicted octanol–water partition coefficient (Wildman–Crippen LogP) is 7.49. The van der Waals surface area contributed by atoms with Gasteiger partial charge in [-0.05, 0) is 60.6 Å². The summed E-state index contributed by atoms with van der Waals surface area (Å²) in [5.74, 6) is 0.394. The van der Waals surface area contributed by atoms with E-state index in [1.165, 1.54) is 22.3 Å². The molecule has 3 aromatic rings. The van der Waals surface area contributed by atoms with Crippen molar-refractivity contribution in [1.29, 1.82) is 0 Å². The number of hydrogen-bond acceptors (Lipinski definition) is 2. The average molecular weight is 433 g/mol. The Morgan fingerprint density at radius 1 is 1.03 bits per heavy atom. The molecule has 1 aliphatic heterocycles. The highest BCUT2D eigenvalue weighted by Gasteiger charge is 2.20. The lowest BCUT2D eigenvalue weighted by Gasteiger charge is -2.29. The largest absolute Gasteiger partial charge is 0.398 e. The summed E-state index contributed by atoms with van der Waals surface area (Å²) in [6, 6.07) is 27.3. The average Bonchev–Trinajstić information content (AvgIpc) is 2.84. The molecule has 1 atom stereocenters. The number of hydrogen-bond donors (Lipinski definition) is 1. The molecule has 0 aliphatic carbocycles. The van der Waals surface area contributed by atoms with Gasteiger partial charge in [0.1, 0.15) is 0 Å². The molecular formula is C31H32N2. The van der Waals surface area contributed by atoms with Crippen molar-refractivity contribution in [2.45, 2.75) is 26.7 Å². The molecule has 0 saturated carbocycles. The van der Waals surface area contributed by atoms with Crippen molar-refractivity contribution in [3.63, 3.8) is 0 Å². The van der Waals surface area contributed by atoms with Crippen molar-refractivity contribution in [2.24, 2.45) is 11.7 Å². The maximum Gasteiger partial charge on any atom is 0.0530 e. The van der Waals surface area contributed by atoms with E-state index in [1.54, 1.807) is 0 Å². The van der Waals surface area contributed by atoms with E-state index in [0.29, 0.717) is 5.92 Å². The van der Waals surface area contributed by atoms with Crippen LogP contribution in [0, 0.1) is 12.8 Å². The van der Waals surface area contributed by atoms with Crippen molar-refractivity contribution < 1.29 is 0 Å². The zero-order valence-electron chi connectivity index (χ0n) is 19.5. The summed E-state index contributed by atoms with van der Waals surface area (Å²) >= 11 is 0. The summed E-state index contributed by atoms with van der Waals surface area (Å²) in [5, 5.41) is 0. The topological polar surface area (TPSA) is 29.3 Å². The third-order valence-corrected chi connectivity index (χ3v) is 6.17. The van der Waals surface area contributed by atoms with Crippen LogP contribution >= 0.6 is 0 Å². The molecule has 166 valence electrons. The maximum atomic E-state index is 6.59. The third-order valence-electron chi connectivity index (χ3n) is 6.17. The summed E-state index contributed by atoms with van der Waals surface area (Å²) in [6.45, 7) is 8.83. The van der Waals surface area contributed by atoms with Gasteiger partial charge in [0.15, 0.2) is 0 Å². The second-order valence-electron chi connectivity index (χ2n) is 8.72. The highest BCUT2D eigenvalue weighted by Crippen LogP contribution is 2.37. The first-order valence-corrected chi connectivity index (χ1v) is 11.6. The molecule has 0 aromatic heterocycles. The zero-order chi connectivity index (χ0) is 23.2. The predicted molar refractivity (Wildman–Crippen MR) is 142 cm³/mol. The molecule has 1 aliphatic rings. The number of anilines is 1. The molecule has 1 heterocycles. The molecule has 2 heteroatoms. The van der Waals surface area contributed by atoms with Crippen LogP contribution in [0.4, 0.5) is 5.69 Å². The summed E-state index contributed by atoms with van der Waals surface area (Å²) < 4.78 is 0. The van der Waals surface area contributed by atoms with Crippen LogP contribution in [0.5, 0.6) is 0 Å². The van der Waals surface area contributed by atoms with Gasteiger partial charge in [-0.25, -0.2) is 0 Å². The van der Waals surface area contributed by atoms with Gasteiger partial charge in [-0.3, -0.25) is 0 Å². The Kier molecular flexibility index (Phi) is 6.95. The molecule has 0 fully saturated rings. The molecule has 1 unspecified atom stereocenters. The van der Waals surface area contributed by atoms with E-state index in [4.69, 9.17) is 5.73 Å². The summed E-state index contributed by atoms with van der Waals surface area (Å²) in [6.07, 6.45) is 10.5. The Bertz CT molecular complexity index is 1200. The highest BCUT2D eigenvalue weighted by molar-refractivity contribution is 5.81. The van der Waals surface area contributed by atoms with E-state index in [0.717, 1.165) is 35.5 Å². The first kappa shape index (κ1) is 22.4. The van der Waals surface area contributed by atoms with Gasteiger partial charge < -0.3 is 10.6 Å². The Morgan fingerprint density at radius 3 is 2.45 bits per heavy atom. The molecular weight excluding hydrogens is 400 g/mol. The Labute approximate surface area is 198 Å². The van der Waals surface area contributed by atoms with Crippen LogP contribution in [0.15, 0.2) is 116 Å². The number of nitrogens with zero attached hydrogens (tertiary/aromatic N) is 1. The molecule has 0 spiro atoms. The summed E-state index contributed by atoms with van der Waals surface area (Å²) in [5.41, 5.74) is 15.4. The van der Waals surface area contributed by atoms with Gasteiger partial charge in [-0.1, -0.05) is 97.9 Å². The number of nitrogens with two attached hydrogens (primary N) is 1. The van der Waals surface area contributed by atoms with E-state index >= 15 is 0 Å². The fourth-order valence-electron chi connectivity index (χ4n) is 4.14. The van der Waals surface area contributed by atoms with Gasteiger partial charge in [-0.15, -0.1) is 0 Å². The standard InChI is InChI=1S/C31H32N2/c1-23-16-19-31-29(21-23)25(3)24(2)11-10-20-33(31)28(18-17-26-12-6-4-7-13-26)22-30(32)27-14-8-5-9-15-27/h4-10,12-16,18-22,24H,3,11,17,32H2,1-2H3/b20-10-,28-18+,30-22-. The molecule has 0 radical (unpaired) electrons. The summed E-state index contributed by atoms with van der Waals surface area (Å²) in [4.78, 5) is 2.25. The molecule has 3 aromatic carbocycles. The third kappa shape index (κ3) is 5.35. The molecule has 2 nitrogen and oxygen atoms in total. The SMILES string of the molecule is C=C1c2cc(C)ccc2N(C(/C=C(\N)c2ccccc2)=C/Cc2ccccc2)/C=C\CC1C. The quantitative estimate of drug-likeness (QED) is 0.423. The Hall–Kier alpha value is -3.78. The number of benzene rings is 3. The van der Waals surface area contributed by atoms with E-state index < -0.39 is 0 Å². The molecule has 0 amide bonds. The Morgan fingerprint density at radius 2 is 1.73 bits per heavy atom. The normalized spacial score (nSPS) is 17.8. The van der Waals surface area contributed by atoms with Crippen LogP contribution in [0.2, 0.25) is 0 Å². The monoisotopic (exact) mass is 432 g/mol. The first-order valence-electron chi connectivity index (χ1n) is 11.6. The van der Waals surface area contributed by atoms with Crippen LogP contribution in [0.3, 0.4) is 0 Å². The maximum absolute atomic E-state index is 6.59. The van der Waals surface area contributed by atoms with Crippen molar-refractivity contribution in [3.8, 4) is 0 Å². The van der Waals surface area contributed by atoms with Crippen LogP contribution < -0.4 is 10.6 Å². The van der Waals surface area contributed by atoms with Crippen molar-refractivity contribution in [3.05, 3.63) is 138 Å². The van der Waals surface area contributed by atoms with E-state index in [2.05, 4.69) is 92.2 Å². The Balaban J connectivity index is 1.83. The molecule has 2 N–H and O–H groups in total. The minimum absolute atomic E-state index is 0.394. The number of aryl methyl sites for hydroxylation is 1. The van der Waals surface area contributed by atoms with Crippen molar-refractivity contribution in [1.82, 2.24) is 0 Å². The molecule has 4 rings (SSSR count). The van der Waals surface area contributed by atoms with Crippen LogP contribution in [0.25, 0.3) is 11.3 Å². The molecule has 0 bridgehead atoms. The van der Waals surface area contributed by atoms with Crippen LogP contribution in [0.1, 0.15) is 35.6 Å². The van der Waals surface area contributed by atoms with Gasteiger partial charge in [0.05, 0.1) is 5.69 Å². The van der Waals surface area contributed by atoms with Gasteiger partial charge in [0.25, 0.3) is 0 Å². The lowest BCUT2D eigenvalue weighted by atomic mass is 9.89. The lowest BCUT2D eigenvalue weighted by Crippen LogP contribution is -2.19. The number of allylic oxidation sites excluding steroid dienone is 4. The van der Waals surface area contributed by atoms with E-state index in [-0.39, 0.29) is 0 Å². The van der Waals surface area contributed by atoms with Crippen LogP contribution in [-0.4, -0.2) is 0 Å². The lowest BCUT2D eigenvalue weighted by molar-refractivity contribution is 0.761. The number of rotatable bonds is 5. The minimum Gasteiger partial charge on any atom is -0.398 e. The van der Waals surface area contributed by atoms with Gasteiger partial charge in [0.2, 0.25) is 0 Å². The minimum atomic E-state index is 0.394. The molecule has 33 heavy (non-hydrogen) atoms. The molecule has 0 saturated heterocycles. The second-order valence-corrected chi connectivity index (χ2v) is 8.72.